The number of rotatable bonds is 15. The number of aliphatic imine (C=N–C) groups is 1. The summed E-state index contributed by atoms with van der Waals surface area (Å²) in [5, 5.41) is 0. The molecular formula is C20H40N2. The quantitative estimate of drug-likeness (QED) is 0.329. The Hall–Kier alpha value is -0.530. The van der Waals surface area contributed by atoms with Gasteiger partial charge >= 0.3 is 0 Å². The van der Waals surface area contributed by atoms with Crippen molar-refractivity contribution in [2.24, 2.45) is 4.99 Å². The largest absolute Gasteiger partial charge is 0.359 e. The Bertz CT molecular complexity index is 273. The molecule has 1 aliphatic rings. The molecule has 0 fully saturated rings. The van der Waals surface area contributed by atoms with Crippen LogP contribution < -0.4 is 0 Å². The molecule has 0 atom stereocenters. The zero-order valence-corrected chi connectivity index (χ0v) is 15.4. The Balaban J connectivity index is 1.90. The molecule has 0 saturated heterocycles. The van der Waals surface area contributed by atoms with Gasteiger partial charge in [0.2, 0.25) is 0 Å². The smallest absolute Gasteiger partial charge is 0.0990 e. The summed E-state index contributed by atoms with van der Waals surface area (Å²) >= 11 is 0. The van der Waals surface area contributed by atoms with Crippen molar-refractivity contribution in [3.63, 3.8) is 0 Å². The predicted molar refractivity (Wildman–Crippen MR) is 99.9 cm³/mol. The van der Waals surface area contributed by atoms with Gasteiger partial charge in [-0.25, -0.2) is 0 Å². The maximum atomic E-state index is 4.70. The van der Waals surface area contributed by atoms with Gasteiger partial charge in [-0.05, 0) is 12.8 Å². The first-order valence-corrected chi connectivity index (χ1v) is 10.2. The second kappa shape index (κ2) is 14.1. The van der Waals surface area contributed by atoms with E-state index in [4.69, 9.17) is 4.99 Å². The van der Waals surface area contributed by atoms with E-state index in [1.165, 1.54) is 109 Å². The summed E-state index contributed by atoms with van der Waals surface area (Å²) in [6.45, 7) is 8.04. The predicted octanol–water partition coefficient (Wildman–Crippen LogP) is 6.20. The topological polar surface area (TPSA) is 15.6 Å². The lowest BCUT2D eigenvalue weighted by molar-refractivity contribution is 0.422. The highest BCUT2D eigenvalue weighted by molar-refractivity contribution is 5.83. The lowest BCUT2D eigenvalue weighted by Gasteiger charge is -2.20. The van der Waals surface area contributed by atoms with E-state index < -0.39 is 0 Å². The molecule has 1 rings (SSSR count). The van der Waals surface area contributed by atoms with Crippen LogP contribution in [0.1, 0.15) is 104 Å². The lowest BCUT2D eigenvalue weighted by Crippen LogP contribution is -2.28. The van der Waals surface area contributed by atoms with Gasteiger partial charge in [-0.2, -0.15) is 0 Å². The van der Waals surface area contributed by atoms with Gasteiger partial charge < -0.3 is 4.90 Å². The molecule has 0 saturated carbocycles. The summed E-state index contributed by atoms with van der Waals surface area (Å²) in [7, 11) is 0. The molecule has 22 heavy (non-hydrogen) atoms. The molecule has 0 aromatic carbocycles. The average molecular weight is 309 g/mol. The van der Waals surface area contributed by atoms with Crippen LogP contribution in [0.3, 0.4) is 0 Å². The maximum absolute atomic E-state index is 4.70. The first-order valence-electron chi connectivity index (χ1n) is 10.2. The van der Waals surface area contributed by atoms with Gasteiger partial charge in [-0.3, -0.25) is 4.99 Å². The second-order valence-electron chi connectivity index (χ2n) is 6.92. The van der Waals surface area contributed by atoms with Crippen LogP contribution >= 0.6 is 0 Å². The highest BCUT2D eigenvalue weighted by Gasteiger charge is 2.15. The third-order valence-electron chi connectivity index (χ3n) is 4.81. The third kappa shape index (κ3) is 9.48. The Morgan fingerprint density at radius 1 is 0.727 bits per heavy atom. The number of hydrogen-bond acceptors (Lipinski definition) is 2. The minimum atomic E-state index is 1.04. The molecule has 0 aromatic heterocycles. The van der Waals surface area contributed by atoms with Gasteiger partial charge in [-0.15, -0.1) is 0 Å². The van der Waals surface area contributed by atoms with Crippen LogP contribution in [-0.2, 0) is 0 Å². The van der Waals surface area contributed by atoms with Crippen LogP contribution in [0.4, 0.5) is 0 Å². The molecule has 1 heterocycles. The minimum absolute atomic E-state index is 1.04. The lowest BCUT2D eigenvalue weighted by atomic mass is 10.1. The van der Waals surface area contributed by atoms with Crippen molar-refractivity contribution in [1.82, 2.24) is 4.90 Å². The van der Waals surface area contributed by atoms with E-state index in [2.05, 4.69) is 18.7 Å². The zero-order chi connectivity index (χ0) is 15.9. The molecule has 0 spiro atoms. The van der Waals surface area contributed by atoms with Crippen molar-refractivity contribution in [2.75, 3.05) is 19.6 Å². The molecule has 130 valence electrons. The molecule has 2 heteroatoms. The molecule has 0 aliphatic carbocycles. The van der Waals surface area contributed by atoms with Crippen LogP contribution in [0.25, 0.3) is 0 Å². The van der Waals surface area contributed by atoms with Crippen molar-refractivity contribution >= 4 is 5.84 Å². The number of amidine groups is 1. The molecule has 0 N–H and O–H groups in total. The average Bonchev–Trinajstić information content (AvgIpc) is 2.97. The highest BCUT2D eigenvalue weighted by atomic mass is 15.2. The van der Waals surface area contributed by atoms with Gasteiger partial charge in [-0.1, -0.05) is 84.5 Å². The fourth-order valence-electron chi connectivity index (χ4n) is 3.33. The molecule has 0 aromatic rings. The number of hydrogen-bond donors (Lipinski definition) is 0. The first-order chi connectivity index (χ1) is 10.9. The van der Waals surface area contributed by atoms with Gasteiger partial charge in [0.25, 0.3) is 0 Å². The summed E-state index contributed by atoms with van der Waals surface area (Å²) in [5.41, 5.74) is 0. The van der Waals surface area contributed by atoms with Crippen LogP contribution in [0, 0.1) is 0 Å². The van der Waals surface area contributed by atoms with E-state index >= 15 is 0 Å². The molecule has 0 radical (unpaired) electrons. The van der Waals surface area contributed by atoms with Crippen molar-refractivity contribution in [3.8, 4) is 0 Å². The molecular weight excluding hydrogens is 268 g/mol. The van der Waals surface area contributed by atoms with Gasteiger partial charge in [0.1, 0.15) is 0 Å². The van der Waals surface area contributed by atoms with Crippen molar-refractivity contribution < 1.29 is 0 Å². The van der Waals surface area contributed by atoms with E-state index in [9.17, 15) is 0 Å². The fourth-order valence-corrected chi connectivity index (χ4v) is 3.33. The van der Waals surface area contributed by atoms with Crippen molar-refractivity contribution in [1.29, 1.82) is 0 Å². The molecule has 1 aliphatic heterocycles. The zero-order valence-electron chi connectivity index (χ0n) is 15.4. The van der Waals surface area contributed by atoms with E-state index in [1.807, 2.05) is 0 Å². The minimum Gasteiger partial charge on any atom is -0.359 e. The monoisotopic (exact) mass is 308 g/mol. The van der Waals surface area contributed by atoms with E-state index in [0.717, 1.165) is 6.54 Å². The Labute approximate surface area is 139 Å². The Kier molecular flexibility index (Phi) is 12.5. The normalized spacial score (nSPS) is 14.6. The molecule has 2 nitrogen and oxygen atoms in total. The van der Waals surface area contributed by atoms with Crippen LogP contribution in [0.5, 0.6) is 0 Å². The number of nitrogens with zero attached hydrogens (tertiary/aromatic N) is 2. The van der Waals surface area contributed by atoms with Gasteiger partial charge in [0, 0.05) is 19.5 Å². The first kappa shape index (κ1) is 19.5. The highest BCUT2D eigenvalue weighted by Crippen LogP contribution is 2.13. The SMILES string of the molecule is CCCCCCCCCCCCN1CCN=C1CCCCC. The van der Waals surface area contributed by atoms with E-state index in [0.29, 0.717) is 0 Å². The Morgan fingerprint density at radius 2 is 1.27 bits per heavy atom. The third-order valence-corrected chi connectivity index (χ3v) is 4.81. The molecule has 0 bridgehead atoms. The summed E-state index contributed by atoms with van der Waals surface area (Å²) in [6, 6.07) is 0. The van der Waals surface area contributed by atoms with Crippen LogP contribution in [-0.4, -0.2) is 30.4 Å². The van der Waals surface area contributed by atoms with Gasteiger partial charge in [0.15, 0.2) is 0 Å². The molecule has 0 unspecified atom stereocenters. The maximum Gasteiger partial charge on any atom is 0.0990 e. The standard InChI is InChI=1S/C20H40N2/c1-3-5-7-8-9-10-11-12-13-15-18-22-19-17-21-20(22)16-14-6-4-2/h3-19H2,1-2H3. The summed E-state index contributed by atoms with van der Waals surface area (Å²) in [4.78, 5) is 7.25. The fraction of sp³-hybridized carbons (Fsp3) is 0.950. The van der Waals surface area contributed by atoms with Gasteiger partial charge in [0.05, 0.1) is 12.4 Å². The second-order valence-corrected chi connectivity index (χ2v) is 6.92. The molecule has 0 amide bonds. The van der Waals surface area contributed by atoms with Crippen LogP contribution in [0.2, 0.25) is 0 Å². The van der Waals surface area contributed by atoms with Crippen LogP contribution in [0.15, 0.2) is 4.99 Å². The number of unbranched alkanes of at least 4 members (excludes halogenated alkanes) is 11. The van der Waals surface area contributed by atoms with Crippen molar-refractivity contribution in [3.05, 3.63) is 0 Å². The Morgan fingerprint density at radius 3 is 1.91 bits per heavy atom. The van der Waals surface area contributed by atoms with Crippen molar-refractivity contribution in [2.45, 2.75) is 104 Å². The van der Waals surface area contributed by atoms with E-state index in [-0.39, 0.29) is 0 Å². The van der Waals surface area contributed by atoms with E-state index in [1.54, 1.807) is 0 Å². The summed E-state index contributed by atoms with van der Waals surface area (Å²) < 4.78 is 0. The summed E-state index contributed by atoms with van der Waals surface area (Å²) in [6.07, 6.45) is 19.5. The summed E-state index contributed by atoms with van der Waals surface area (Å²) in [5.74, 6) is 1.41.